The molecular weight excluding hydrogens is 388 g/mol. The number of aromatic nitrogens is 1. The van der Waals surface area contributed by atoms with E-state index in [-0.39, 0.29) is 11.8 Å². The van der Waals surface area contributed by atoms with Crippen molar-refractivity contribution in [1.82, 2.24) is 19.1 Å². The van der Waals surface area contributed by atoms with E-state index in [1.807, 2.05) is 29.9 Å². The van der Waals surface area contributed by atoms with Gasteiger partial charge in [-0.1, -0.05) is 0 Å². The smallest absolute Gasteiger partial charge is 0.243 e. The fourth-order valence-electron chi connectivity index (χ4n) is 4.42. The first-order valence-electron chi connectivity index (χ1n) is 10.5. The molecule has 1 aromatic carbocycles. The fourth-order valence-corrected chi connectivity index (χ4v) is 5.92. The summed E-state index contributed by atoms with van der Waals surface area (Å²) in [7, 11) is -1.59. The number of hydrogen-bond acceptors (Lipinski definition) is 4. The number of benzene rings is 1. The number of sulfonamides is 1. The zero-order valence-electron chi connectivity index (χ0n) is 17.0. The molecule has 0 atom stereocenters. The number of fused-ring (bicyclic) bond motifs is 1. The Balaban J connectivity index is 1.32. The number of aryl methyl sites for hydroxylation is 1. The number of piperidine rings is 1. The van der Waals surface area contributed by atoms with Crippen LogP contribution in [0.25, 0.3) is 10.9 Å². The first-order valence-corrected chi connectivity index (χ1v) is 11.9. The van der Waals surface area contributed by atoms with Gasteiger partial charge in [-0.15, -0.1) is 0 Å². The number of carbonyl (C=O) groups is 1. The second-order valence-electron chi connectivity index (χ2n) is 8.17. The van der Waals surface area contributed by atoms with Crippen molar-refractivity contribution in [1.29, 1.82) is 0 Å². The average Bonchev–Trinajstić information content (AvgIpc) is 3.38. The van der Waals surface area contributed by atoms with Crippen molar-refractivity contribution in [2.24, 2.45) is 13.0 Å². The van der Waals surface area contributed by atoms with Crippen LogP contribution in [0.3, 0.4) is 0 Å². The van der Waals surface area contributed by atoms with Crippen molar-refractivity contribution < 1.29 is 13.2 Å². The van der Waals surface area contributed by atoms with Crippen molar-refractivity contribution in [2.75, 3.05) is 39.3 Å². The molecule has 2 aromatic rings. The quantitative estimate of drug-likeness (QED) is 0.776. The van der Waals surface area contributed by atoms with Crippen LogP contribution >= 0.6 is 0 Å². The second-order valence-corrected chi connectivity index (χ2v) is 10.1. The molecule has 29 heavy (non-hydrogen) atoms. The highest BCUT2D eigenvalue weighted by atomic mass is 32.2. The third-order valence-corrected chi connectivity index (χ3v) is 8.14. The summed E-state index contributed by atoms with van der Waals surface area (Å²) in [6, 6.07) is 7.19. The summed E-state index contributed by atoms with van der Waals surface area (Å²) in [4.78, 5) is 15.1. The molecule has 0 radical (unpaired) electrons. The minimum atomic E-state index is -3.54. The standard InChI is InChI=1S/C21H30N4O3S/c1-23-12-6-18-16-19(4-5-20(18)23)29(27,28)25-13-7-17(8-14-25)21(26)22-9-15-24-10-2-3-11-24/h4-6,12,16-17H,2-3,7-11,13-15H2,1H3,(H,22,26). The maximum Gasteiger partial charge on any atom is 0.243 e. The average molecular weight is 419 g/mol. The van der Waals surface area contributed by atoms with Gasteiger partial charge in [-0.25, -0.2) is 8.42 Å². The number of nitrogens with zero attached hydrogens (tertiary/aromatic N) is 3. The number of hydrogen-bond donors (Lipinski definition) is 1. The van der Waals surface area contributed by atoms with Crippen LogP contribution in [-0.4, -0.2) is 67.4 Å². The van der Waals surface area contributed by atoms with Gasteiger partial charge in [0.15, 0.2) is 0 Å². The molecule has 158 valence electrons. The number of likely N-dealkylation sites (tertiary alicyclic amines) is 1. The van der Waals surface area contributed by atoms with Crippen LogP contribution in [0.2, 0.25) is 0 Å². The van der Waals surface area contributed by atoms with Gasteiger partial charge in [0.1, 0.15) is 0 Å². The zero-order valence-corrected chi connectivity index (χ0v) is 17.8. The molecule has 3 heterocycles. The molecule has 2 fully saturated rings. The molecule has 4 rings (SSSR count). The van der Waals surface area contributed by atoms with E-state index < -0.39 is 10.0 Å². The number of amides is 1. The van der Waals surface area contributed by atoms with E-state index in [1.54, 1.807) is 12.1 Å². The number of nitrogens with one attached hydrogen (secondary N) is 1. The highest BCUT2D eigenvalue weighted by molar-refractivity contribution is 7.89. The Labute approximate surface area is 172 Å². The van der Waals surface area contributed by atoms with Crippen molar-refractivity contribution in [3.8, 4) is 0 Å². The van der Waals surface area contributed by atoms with Crippen LogP contribution in [0, 0.1) is 5.92 Å². The normalized spacial score (nSPS) is 19.8. The molecule has 0 unspecified atom stereocenters. The van der Waals surface area contributed by atoms with Gasteiger partial charge in [0.25, 0.3) is 0 Å². The van der Waals surface area contributed by atoms with E-state index in [9.17, 15) is 13.2 Å². The topological polar surface area (TPSA) is 74.6 Å². The highest BCUT2D eigenvalue weighted by Crippen LogP contribution is 2.26. The van der Waals surface area contributed by atoms with Crippen LogP contribution in [0.15, 0.2) is 35.4 Å². The summed E-state index contributed by atoms with van der Waals surface area (Å²) in [5, 5.41) is 3.95. The second kappa shape index (κ2) is 8.45. The van der Waals surface area contributed by atoms with Gasteiger partial charge in [-0.05, 0) is 63.0 Å². The summed E-state index contributed by atoms with van der Waals surface area (Å²) in [5.41, 5.74) is 1.01. The van der Waals surface area contributed by atoms with Gasteiger partial charge in [0.05, 0.1) is 4.90 Å². The van der Waals surface area contributed by atoms with E-state index in [2.05, 4.69) is 10.2 Å². The maximum absolute atomic E-state index is 13.0. The van der Waals surface area contributed by atoms with E-state index in [0.29, 0.717) is 37.4 Å². The van der Waals surface area contributed by atoms with Crippen molar-refractivity contribution in [2.45, 2.75) is 30.6 Å². The SMILES string of the molecule is Cn1ccc2cc(S(=O)(=O)N3CCC(C(=O)NCCN4CCCC4)CC3)ccc21. The van der Waals surface area contributed by atoms with Crippen molar-refractivity contribution >= 4 is 26.8 Å². The molecule has 2 aliphatic rings. The summed E-state index contributed by atoms with van der Waals surface area (Å²) in [6.07, 6.45) is 5.57. The molecule has 2 saturated heterocycles. The first kappa shape index (κ1) is 20.4. The molecule has 1 amide bonds. The first-order chi connectivity index (χ1) is 13.9. The minimum absolute atomic E-state index is 0.0620. The van der Waals surface area contributed by atoms with Gasteiger partial charge in [0.2, 0.25) is 15.9 Å². The van der Waals surface area contributed by atoms with Crippen molar-refractivity contribution in [3.63, 3.8) is 0 Å². The van der Waals surface area contributed by atoms with Crippen LogP contribution < -0.4 is 5.32 Å². The van der Waals surface area contributed by atoms with E-state index in [0.717, 1.165) is 30.5 Å². The summed E-state index contributed by atoms with van der Waals surface area (Å²) in [5.74, 6) is -0.0384. The van der Waals surface area contributed by atoms with Gasteiger partial charge in [-0.3, -0.25) is 4.79 Å². The van der Waals surface area contributed by atoms with Gasteiger partial charge < -0.3 is 14.8 Å². The van der Waals surface area contributed by atoms with E-state index >= 15 is 0 Å². The Morgan fingerprint density at radius 2 is 1.83 bits per heavy atom. The number of rotatable bonds is 6. The molecule has 0 bridgehead atoms. The molecule has 1 N–H and O–H groups in total. The summed E-state index contributed by atoms with van der Waals surface area (Å²) in [6.45, 7) is 4.61. The lowest BCUT2D eigenvalue weighted by molar-refractivity contribution is -0.126. The monoisotopic (exact) mass is 418 g/mol. The Hall–Kier alpha value is -1.90. The van der Waals surface area contributed by atoms with Gasteiger partial charge >= 0.3 is 0 Å². The molecule has 0 aliphatic carbocycles. The Morgan fingerprint density at radius 1 is 1.10 bits per heavy atom. The number of carbonyl (C=O) groups excluding carboxylic acids is 1. The highest BCUT2D eigenvalue weighted by Gasteiger charge is 2.32. The predicted molar refractivity (Wildman–Crippen MR) is 113 cm³/mol. The Morgan fingerprint density at radius 3 is 2.55 bits per heavy atom. The molecule has 2 aliphatic heterocycles. The molecule has 7 nitrogen and oxygen atoms in total. The molecular formula is C21H30N4O3S. The lowest BCUT2D eigenvalue weighted by Crippen LogP contribution is -2.44. The van der Waals surface area contributed by atoms with Crippen LogP contribution in [0.5, 0.6) is 0 Å². The third kappa shape index (κ3) is 4.34. The van der Waals surface area contributed by atoms with Crippen molar-refractivity contribution in [3.05, 3.63) is 30.5 Å². The van der Waals surface area contributed by atoms with Crippen LogP contribution in [0.4, 0.5) is 0 Å². The largest absolute Gasteiger partial charge is 0.355 e. The van der Waals surface area contributed by atoms with Crippen LogP contribution in [0.1, 0.15) is 25.7 Å². The maximum atomic E-state index is 13.0. The zero-order chi connectivity index (χ0) is 20.4. The molecule has 1 aromatic heterocycles. The van der Waals surface area contributed by atoms with Gasteiger partial charge in [0, 0.05) is 56.2 Å². The summed E-state index contributed by atoms with van der Waals surface area (Å²) < 4.78 is 29.6. The molecule has 8 heteroatoms. The molecule has 0 spiro atoms. The Bertz CT molecular complexity index is 971. The van der Waals surface area contributed by atoms with E-state index in [4.69, 9.17) is 0 Å². The lowest BCUT2D eigenvalue weighted by atomic mass is 9.97. The van der Waals surface area contributed by atoms with Gasteiger partial charge in [-0.2, -0.15) is 4.31 Å². The van der Waals surface area contributed by atoms with E-state index in [1.165, 1.54) is 17.1 Å². The third-order valence-electron chi connectivity index (χ3n) is 6.25. The molecule has 0 saturated carbocycles. The fraction of sp³-hybridized carbons (Fsp3) is 0.571. The lowest BCUT2D eigenvalue weighted by Gasteiger charge is -2.30. The Kier molecular flexibility index (Phi) is 5.94. The minimum Gasteiger partial charge on any atom is -0.355 e. The predicted octanol–water partition coefficient (Wildman–Crippen LogP) is 1.79. The summed E-state index contributed by atoms with van der Waals surface area (Å²) >= 11 is 0. The van der Waals surface area contributed by atoms with Crippen LogP contribution in [-0.2, 0) is 21.9 Å².